The fraction of sp³-hybridized carbons (Fsp3) is 0.455. The van der Waals surface area contributed by atoms with Gasteiger partial charge in [0.05, 0.1) is 12.7 Å². The highest BCUT2D eigenvalue weighted by atomic mass is 35.5. The van der Waals surface area contributed by atoms with Gasteiger partial charge in [-0.05, 0) is 30.5 Å². The van der Waals surface area contributed by atoms with Crippen LogP contribution >= 0.6 is 12.4 Å². The molecule has 0 unspecified atom stereocenters. The van der Waals surface area contributed by atoms with Crippen LogP contribution in [0.2, 0.25) is 0 Å². The van der Waals surface area contributed by atoms with Crippen LogP contribution in [0.25, 0.3) is 0 Å². The molecule has 2 rings (SSSR count). The van der Waals surface area contributed by atoms with Gasteiger partial charge >= 0.3 is 0 Å². The highest BCUT2D eigenvalue weighted by Gasteiger charge is 2.26. The van der Waals surface area contributed by atoms with Crippen molar-refractivity contribution in [1.82, 2.24) is 0 Å². The zero-order valence-corrected chi connectivity index (χ0v) is 9.47. The maximum atomic E-state index is 12.8. The molecule has 2 nitrogen and oxygen atoms in total. The van der Waals surface area contributed by atoms with Crippen LogP contribution in [0, 0.1) is 11.6 Å². The second-order valence-corrected chi connectivity index (χ2v) is 3.91. The van der Waals surface area contributed by atoms with E-state index in [1.165, 1.54) is 6.07 Å². The van der Waals surface area contributed by atoms with E-state index in [0.29, 0.717) is 12.2 Å². The first-order chi connectivity index (χ1) is 7.15. The van der Waals surface area contributed by atoms with Crippen LogP contribution in [0.15, 0.2) is 18.2 Å². The molecule has 0 saturated heterocycles. The van der Waals surface area contributed by atoms with E-state index in [1.54, 1.807) is 0 Å². The van der Waals surface area contributed by atoms with Crippen LogP contribution in [-0.2, 0) is 11.3 Å². The third-order valence-electron chi connectivity index (χ3n) is 2.60. The Kier molecular flexibility index (Phi) is 4.65. The normalized spacial score (nSPS) is 23.4. The van der Waals surface area contributed by atoms with Gasteiger partial charge in [0.25, 0.3) is 0 Å². The molecule has 1 aliphatic carbocycles. The van der Waals surface area contributed by atoms with Crippen molar-refractivity contribution in [2.24, 2.45) is 5.73 Å². The van der Waals surface area contributed by atoms with E-state index in [0.717, 1.165) is 25.0 Å². The van der Waals surface area contributed by atoms with Crippen LogP contribution in [0.1, 0.15) is 18.4 Å². The number of hydrogen-bond donors (Lipinski definition) is 1. The third-order valence-corrected chi connectivity index (χ3v) is 2.60. The average Bonchev–Trinajstić information content (AvgIpc) is 2.16. The van der Waals surface area contributed by atoms with Gasteiger partial charge in [0.2, 0.25) is 0 Å². The summed E-state index contributed by atoms with van der Waals surface area (Å²) in [5.74, 6) is -1.66. The molecule has 16 heavy (non-hydrogen) atoms. The third kappa shape index (κ3) is 3.14. The van der Waals surface area contributed by atoms with E-state index in [4.69, 9.17) is 10.5 Å². The molecule has 5 heteroatoms. The van der Waals surface area contributed by atoms with Gasteiger partial charge in [0.15, 0.2) is 11.6 Å². The van der Waals surface area contributed by atoms with Crippen LogP contribution in [0.3, 0.4) is 0 Å². The largest absolute Gasteiger partial charge is 0.373 e. The van der Waals surface area contributed by atoms with Gasteiger partial charge in [-0.2, -0.15) is 0 Å². The number of benzene rings is 1. The Bertz CT molecular complexity index is 356. The van der Waals surface area contributed by atoms with Crippen molar-refractivity contribution in [1.29, 1.82) is 0 Å². The van der Waals surface area contributed by atoms with Crippen molar-refractivity contribution in [2.45, 2.75) is 31.6 Å². The zero-order chi connectivity index (χ0) is 10.8. The van der Waals surface area contributed by atoms with Crippen molar-refractivity contribution in [3.05, 3.63) is 35.4 Å². The Morgan fingerprint density at radius 2 is 1.94 bits per heavy atom. The molecule has 1 aromatic rings. The lowest BCUT2D eigenvalue weighted by Gasteiger charge is -2.32. The zero-order valence-electron chi connectivity index (χ0n) is 8.66. The van der Waals surface area contributed by atoms with Gasteiger partial charge < -0.3 is 10.5 Å². The SMILES string of the molecule is Cl.N[C@H]1C[C@H](OCc2ccc(F)c(F)c2)C1. The molecule has 1 aromatic carbocycles. The lowest BCUT2D eigenvalue weighted by molar-refractivity contribution is -0.0189. The highest BCUT2D eigenvalue weighted by Crippen LogP contribution is 2.22. The molecular formula is C11H14ClF2NO. The number of rotatable bonds is 3. The van der Waals surface area contributed by atoms with Crippen molar-refractivity contribution in [2.75, 3.05) is 0 Å². The Hall–Kier alpha value is -0.710. The van der Waals surface area contributed by atoms with E-state index in [2.05, 4.69) is 0 Å². The molecule has 1 saturated carbocycles. The maximum absolute atomic E-state index is 12.8. The minimum Gasteiger partial charge on any atom is -0.373 e. The van der Waals surface area contributed by atoms with E-state index >= 15 is 0 Å². The lowest BCUT2D eigenvalue weighted by Crippen LogP contribution is -2.41. The van der Waals surface area contributed by atoms with E-state index < -0.39 is 11.6 Å². The molecule has 0 radical (unpaired) electrons. The maximum Gasteiger partial charge on any atom is 0.159 e. The van der Waals surface area contributed by atoms with Gasteiger partial charge in [-0.3, -0.25) is 0 Å². The molecule has 1 fully saturated rings. The summed E-state index contributed by atoms with van der Waals surface area (Å²) in [6, 6.07) is 4.03. The predicted octanol–water partition coefficient (Wildman–Crippen LogP) is 2.39. The molecule has 0 bridgehead atoms. The van der Waals surface area contributed by atoms with Gasteiger partial charge in [-0.15, -0.1) is 12.4 Å². The molecule has 0 amide bonds. The molecule has 0 aromatic heterocycles. The number of hydrogen-bond acceptors (Lipinski definition) is 2. The Labute approximate surface area is 99.2 Å². The molecule has 0 spiro atoms. The predicted molar refractivity (Wildman–Crippen MR) is 59.4 cm³/mol. The Morgan fingerprint density at radius 3 is 2.50 bits per heavy atom. The van der Waals surface area contributed by atoms with Crippen molar-refractivity contribution >= 4 is 12.4 Å². The summed E-state index contributed by atoms with van der Waals surface area (Å²) in [5, 5.41) is 0. The Balaban J connectivity index is 0.00000128. The van der Waals surface area contributed by atoms with Gasteiger partial charge in [-0.1, -0.05) is 6.07 Å². The minimum absolute atomic E-state index is 0. The first-order valence-electron chi connectivity index (χ1n) is 4.96. The highest BCUT2D eigenvalue weighted by molar-refractivity contribution is 5.85. The summed E-state index contributed by atoms with van der Waals surface area (Å²) in [6.45, 7) is 0.314. The van der Waals surface area contributed by atoms with Crippen molar-refractivity contribution < 1.29 is 13.5 Å². The van der Waals surface area contributed by atoms with Crippen LogP contribution in [-0.4, -0.2) is 12.1 Å². The molecular weight excluding hydrogens is 236 g/mol. The summed E-state index contributed by atoms with van der Waals surface area (Å²) in [5.41, 5.74) is 6.24. The lowest BCUT2D eigenvalue weighted by atomic mass is 9.90. The van der Waals surface area contributed by atoms with E-state index in [9.17, 15) is 8.78 Å². The van der Waals surface area contributed by atoms with E-state index in [-0.39, 0.29) is 24.6 Å². The molecule has 2 N–H and O–H groups in total. The first kappa shape index (κ1) is 13.4. The van der Waals surface area contributed by atoms with Crippen molar-refractivity contribution in [3.8, 4) is 0 Å². The first-order valence-corrected chi connectivity index (χ1v) is 4.96. The van der Waals surface area contributed by atoms with Crippen LogP contribution in [0.5, 0.6) is 0 Å². The number of ether oxygens (including phenoxy) is 1. The van der Waals surface area contributed by atoms with E-state index in [1.807, 2.05) is 0 Å². The summed E-state index contributed by atoms with van der Waals surface area (Å²) in [6.07, 6.45) is 1.88. The molecule has 90 valence electrons. The second-order valence-electron chi connectivity index (χ2n) is 3.91. The standard InChI is InChI=1S/C11H13F2NO.ClH/c12-10-2-1-7(3-11(10)13)6-15-9-4-8(14)5-9;/h1-3,8-9H,4-6,14H2;1H/t8-,9-;. The van der Waals surface area contributed by atoms with Gasteiger partial charge in [0, 0.05) is 6.04 Å². The smallest absolute Gasteiger partial charge is 0.159 e. The molecule has 1 aliphatic rings. The van der Waals surface area contributed by atoms with Crippen molar-refractivity contribution in [3.63, 3.8) is 0 Å². The van der Waals surface area contributed by atoms with Crippen LogP contribution in [0.4, 0.5) is 8.78 Å². The van der Waals surface area contributed by atoms with Gasteiger partial charge in [-0.25, -0.2) is 8.78 Å². The summed E-state index contributed by atoms with van der Waals surface area (Å²) < 4.78 is 30.9. The summed E-state index contributed by atoms with van der Waals surface area (Å²) in [7, 11) is 0. The number of nitrogens with two attached hydrogens (primary N) is 1. The average molecular weight is 250 g/mol. The molecule has 0 heterocycles. The molecule has 0 atom stereocenters. The summed E-state index contributed by atoms with van der Waals surface area (Å²) >= 11 is 0. The second kappa shape index (κ2) is 5.57. The topological polar surface area (TPSA) is 35.2 Å². The fourth-order valence-electron chi connectivity index (χ4n) is 1.59. The van der Waals surface area contributed by atoms with Gasteiger partial charge in [0.1, 0.15) is 0 Å². The Morgan fingerprint density at radius 1 is 1.25 bits per heavy atom. The quantitative estimate of drug-likeness (QED) is 0.893. The molecule has 0 aliphatic heterocycles. The fourth-order valence-corrected chi connectivity index (χ4v) is 1.59. The number of halogens is 3. The monoisotopic (exact) mass is 249 g/mol. The summed E-state index contributed by atoms with van der Waals surface area (Å²) in [4.78, 5) is 0. The minimum atomic E-state index is -0.832. The van der Waals surface area contributed by atoms with Crippen LogP contribution < -0.4 is 5.73 Å².